The monoisotopic (exact) mass is 689 g/mol. The minimum atomic E-state index is -0.437. The van der Waals surface area contributed by atoms with E-state index in [1.54, 1.807) is 4.90 Å². The fourth-order valence-electron chi connectivity index (χ4n) is 4.45. The van der Waals surface area contributed by atoms with Crippen LogP contribution in [0.3, 0.4) is 0 Å². The molecule has 5 aromatic rings. The molecule has 0 atom stereocenters. The van der Waals surface area contributed by atoms with Gasteiger partial charge in [0.2, 0.25) is 6.79 Å². The van der Waals surface area contributed by atoms with Crippen LogP contribution in [0.5, 0.6) is 11.5 Å². The molecule has 0 radical (unpaired) electrons. The van der Waals surface area contributed by atoms with Gasteiger partial charge >= 0.3 is 5.69 Å². The highest BCUT2D eigenvalue weighted by Crippen LogP contribution is 2.41. The number of aryl methyl sites for hydroxylation is 2. The second-order valence-corrected chi connectivity index (χ2v) is 11.6. The summed E-state index contributed by atoms with van der Waals surface area (Å²) in [4.78, 5) is 46.0. The first-order valence-corrected chi connectivity index (χ1v) is 14.4. The van der Waals surface area contributed by atoms with Gasteiger partial charge in [-0.2, -0.15) is 4.68 Å². The van der Waals surface area contributed by atoms with Crippen molar-refractivity contribution in [1.82, 2.24) is 48.8 Å². The Morgan fingerprint density at radius 3 is 2.76 bits per heavy atom. The number of carbonyl (C=O) groups excluding carboxylic acids is 1. The van der Waals surface area contributed by atoms with Crippen molar-refractivity contribution in [3.8, 4) is 11.5 Å². The molecule has 0 aliphatic carbocycles. The third-order valence-electron chi connectivity index (χ3n) is 6.52. The number of benzene rings is 1. The average molecular weight is 689 g/mol. The Morgan fingerprint density at radius 2 is 1.98 bits per heavy atom. The van der Waals surface area contributed by atoms with Crippen molar-refractivity contribution in [2.45, 2.75) is 42.9 Å². The Balaban J connectivity index is 1.27. The third-order valence-corrected chi connectivity index (χ3v) is 8.83. The Kier molecular flexibility index (Phi) is 7.14. The minimum Gasteiger partial charge on any atom is -0.454 e. The van der Waals surface area contributed by atoms with E-state index < -0.39 is 5.69 Å². The molecule has 0 unspecified atom stereocenters. The van der Waals surface area contributed by atoms with Crippen LogP contribution in [0.15, 0.2) is 39.6 Å². The lowest BCUT2D eigenvalue weighted by Gasteiger charge is -2.26. The number of imidazole rings is 2. The first-order chi connectivity index (χ1) is 19.7. The Labute approximate surface area is 250 Å². The molecule has 6 rings (SSSR count). The van der Waals surface area contributed by atoms with Crippen molar-refractivity contribution in [2.24, 2.45) is 7.05 Å². The molecule has 5 heterocycles. The van der Waals surface area contributed by atoms with Crippen LogP contribution in [0.25, 0.3) is 16.8 Å². The molecule has 41 heavy (non-hydrogen) atoms. The van der Waals surface area contributed by atoms with Crippen molar-refractivity contribution in [1.29, 1.82) is 0 Å². The van der Waals surface area contributed by atoms with Gasteiger partial charge in [-0.05, 0) is 55.0 Å². The van der Waals surface area contributed by atoms with Crippen LogP contribution in [0, 0.1) is 3.57 Å². The molecule has 1 aliphatic rings. The maximum Gasteiger partial charge on any atom is 0.352 e. The molecular weight excluding hydrogens is 665 g/mol. The summed E-state index contributed by atoms with van der Waals surface area (Å²) in [6, 6.07) is 3.72. The van der Waals surface area contributed by atoms with Crippen molar-refractivity contribution in [3.05, 3.63) is 44.5 Å². The number of anilines is 1. The van der Waals surface area contributed by atoms with Crippen LogP contribution in [-0.2, 0) is 13.6 Å². The fourth-order valence-corrected chi connectivity index (χ4v) is 6.16. The molecule has 212 valence electrons. The normalized spacial score (nSPS) is 12.6. The number of halogens is 1. The number of hydrogen-bond acceptors (Lipinski definition) is 12. The number of amides is 1. The van der Waals surface area contributed by atoms with Gasteiger partial charge in [-0.15, -0.1) is 5.10 Å². The highest BCUT2D eigenvalue weighted by molar-refractivity contribution is 14.1. The van der Waals surface area contributed by atoms with Gasteiger partial charge in [0.1, 0.15) is 12.7 Å². The summed E-state index contributed by atoms with van der Waals surface area (Å²) in [5, 5.41) is 8.49. The zero-order valence-corrected chi connectivity index (χ0v) is 25.2. The summed E-state index contributed by atoms with van der Waals surface area (Å²) in [5.41, 5.74) is 7.01. The topological polar surface area (TPSA) is 173 Å². The first kappa shape index (κ1) is 27.2. The number of hydrogen-bond donors (Lipinski definition) is 1. The van der Waals surface area contributed by atoms with Crippen LogP contribution < -0.4 is 20.9 Å². The maximum atomic E-state index is 13.5. The Hall–Kier alpha value is -4.00. The van der Waals surface area contributed by atoms with Crippen molar-refractivity contribution in [2.75, 3.05) is 19.1 Å². The number of ether oxygens (including phenoxy) is 2. The number of nitrogens with two attached hydrogens (primary N) is 1. The highest BCUT2D eigenvalue weighted by Gasteiger charge is 2.26. The van der Waals surface area contributed by atoms with Crippen LogP contribution in [0.1, 0.15) is 30.8 Å². The van der Waals surface area contributed by atoms with E-state index in [0.29, 0.717) is 47.3 Å². The predicted octanol–water partition coefficient (Wildman–Crippen LogP) is 1.97. The quantitative estimate of drug-likeness (QED) is 0.235. The van der Waals surface area contributed by atoms with E-state index in [0.717, 1.165) is 13.1 Å². The minimum absolute atomic E-state index is 0.0751. The van der Waals surface area contributed by atoms with E-state index in [2.05, 4.69) is 47.9 Å². The van der Waals surface area contributed by atoms with Gasteiger partial charge < -0.3 is 24.7 Å². The number of carbonyl (C=O) groups is 1. The van der Waals surface area contributed by atoms with Gasteiger partial charge in [-0.3, -0.25) is 4.79 Å². The molecule has 0 saturated carbocycles. The second-order valence-electron chi connectivity index (χ2n) is 9.44. The molecule has 17 heteroatoms. The largest absolute Gasteiger partial charge is 0.454 e. The molecule has 0 spiro atoms. The standard InChI is InChI=1S/C24H24IN11O4S/c1-12(2)34(22(37)18-21-31-32-33(3)24(38)36(21)10-29-18)5-4-6-35-20-17(19(26)27-9-28-20)30-23(35)41-16-8-15-14(7-13(16)25)39-11-40-15/h7-10,12H,4-6,11H2,1-3H3,(H2,26,27,28). The van der Waals surface area contributed by atoms with Gasteiger partial charge in [0, 0.05) is 34.6 Å². The van der Waals surface area contributed by atoms with Crippen molar-refractivity contribution >= 4 is 62.9 Å². The summed E-state index contributed by atoms with van der Waals surface area (Å²) in [5.74, 6) is 1.33. The van der Waals surface area contributed by atoms with Crippen LogP contribution in [0.2, 0.25) is 0 Å². The zero-order valence-electron chi connectivity index (χ0n) is 22.2. The summed E-state index contributed by atoms with van der Waals surface area (Å²) in [7, 11) is 1.48. The molecular formula is C24H24IN11O4S. The Morgan fingerprint density at radius 1 is 1.20 bits per heavy atom. The average Bonchev–Trinajstić information content (AvgIpc) is 3.66. The van der Waals surface area contributed by atoms with Gasteiger partial charge in [0.15, 0.2) is 45.0 Å². The van der Waals surface area contributed by atoms with Crippen molar-refractivity contribution in [3.63, 3.8) is 0 Å². The molecule has 1 amide bonds. The molecule has 2 N–H and O–H groups in total. The summed E-state index contributed by atoms with van der Waals surface area (Å²) < 4.78 is 16.3. The predicted molar refractivity (Wildman–Crippen MR) is 156 cm³/mol. The molecule has 0 fully saturated rings. The van der Waals surface area contributed by atoms with Gasteiger partial charge in [-0.25, -0.2) is 29.1 Å². The molecule has 4 aromatic heterocycles. The number of aromatic nitrogens is 9. The summed E-state index contributed by atoms with van der Waals surface area (Å²) in [6.07, 6.45) is 3.28. The van der Waals surface area contributed by atoms with E-state index in [-0.39, 0.29) is 35.9 Å². The lowest BCUT2D eigenvalue weighted by molar-refractivity contribution is 0.0697. The molecule has 15 nitrogen and oxygen atoms in total. The van der Waals surface area contributed by atoms with Crippen molar-refractivity contribution < 1.29 is 14.3 Å². The van der Waals surface area contributed by atoms with E-state index in [1.165, 1.54) is 35.9 Å². The molecule has 0 saturated heterocycles. The smallest absolute Gasteiger partial charge is 0.352 e. The third kappa shape index (κ3) is 4.92. The van der Waals surface area contributed by atoms with Gasteiger partial charge in [0.05, 0.1) is 0 Å². The number of rotatable bonds is 8. The highest BCUT2D eigenvalue weighted by atomic mass is 127. The Bertz CT molecular complexity index is 1870. The van der Waals surface area contributed by atoms with E-state index in [4.69, 9.17) is 20.2 Å². The molecule has 0 bridgehead atoms. The van der Waals surface area contributed by atoms with E-state index in [1.807, 2.05) is 30.5 Å². The maximum absolute atomic E-state index is 13.5. The van der Waals surface area contributed by atoms with Crippen LogP contribution in [-0.4, -0.2) is 74.1 Å². The van der Waals surface area contributed by atoms with E-state index in [9.17, 15) is 9.59 Å². The lowest BCUT2D eigenvalue weighted by atomic mass is 10.2. The molecule has 1 aromatic carbocycles. The second kappa shape index (κ2) is 10.8. The number of nitrogen functional groups attached to an aromatic ring is 1. The van der Waals surface area contributed by atoms with E-state index >= 15 is 0 Å². The van der Waals surface area contributed by atoms with Crippen LogP contribution in [0.4, 0.5) is 5.82 Å². The van der Waals surface area contributed by atoms with Crippen LogP contribution >= 0.6 is 34.4 Å². The molecule has 1 aliphatic heterocycles. The summed E-state index contributed by atoms with van der Waals surface area (Å²) >= 11 is 3.72. The summed E-state index contributed by atoms with van der Waals surface area (Å²) in [6.45, 7) is 4.93. The number of fused-ring (bicyclic) bond motifs is 3. The fraction of sp³-hybridized carbons (Fsp3) is 0.333. The SMILES string of the molecule is CC(C)N(CCCn1c(Sc2cc3c(cc2I)OCO3)nc2c(N)ncnc21)C(=O)c1ncn2c(=O)n(C)nnc12. The van der Waals surface area contributed by atoms with Gasteiger partial charge in [0.25, 0.3) is 5.91 Å². The zero-order chi connectivity index (χ0) is 28.8. The first-order valence-electron chi connectivity index (χ1n) is 12.5. The van der Waals surface area contributed by atoms with Gasteiger partial charge in [-0.1, -0.05) is 17.0 Å². The lowest BCUT2D eigenvalue weighted by Crippen LogP contribution is -2.38. The number of nitrogens with zero attached hydrogens (tertiary/aromatic N) is 10.